The van der Waals surface area contributed by atoms with Crippen molar-refractivity contribution >= 4 is 24.3 Å². The molecule has 5 heteroatoms. The van der Waals surface area contributed by atoms with E-state index in [1.807, 2.05) is 0 Å². The van der Waals surface area contributed by atoms with Gasteiger partial charge in [-0.3, -0.25) is 9.59 Å². The first kappa shape index (κ1) is 9.23. The average molecular weight is 167 g/mol. The number of carboxylic acid groups (broad SMARTS) is 2. The Morgan fingerprint density at radius 3 is 1.50 bits per heavy atom. The highest BCUT2D eigenvalue weighted by Crippen LogP contribution is 2.38. The zero-order valence-corrected chi connectivity index (χ0v) is 5.80. The molecule has 0 aromatic rings. The van der Waals surface area contributed by atoms with E-state index in [9.17, 15) is 9.59 Å². The van der Waals surface area contributed by atoms with E-state index in [4.69, 9.17) is 10.2 Å². The van der Waals surface area contributed by atoms with Gasteiger partial charge in [-0.2, -0.15) is 0 Å². The van der Waals surface area contributed by atoms with Gasteiger partial charge in [0.15, 0.2) is 0 Å². The minimum Gasteiger partial charge on any atom is -0.481 e. The van der Waals surface area contributed by atoms with Crippen LogP contribution in [-0.4, -0.2) is 22.2 Å². The maximum Gasteiger partial charge on any atom is 0.307 e. The number of aliphatic carboxylic acids is 2. The molecule has 0 saturated heterocycles. The second-order valence-electron chi connectivity index (χ2n) is 2.13. The zero-order valence-electron chi connectivity index (χ0n) is 4.98. The molecular weight excluding hydrogens is 160 g/mol. The third-order valence-electron chi connectivity index (χ3n) is 1.42. The van der Waals surface area contributed by atoms with Crippen LogP contribution in [0, 0.1) is 11.8 Å². The van der Waals surface area contributed by atoms with Crippen LogP contribution in [0.2, 0.25) is 0 Å². The fourth-order valence-electron chi connectivity index (χ4n) is 0.741. The molecule has 1 aliphatic rings. The van der Waals surface area contributed by atoms with Crippen LogP contribution in [-0.2, 0) is 9.59 Å². The van der Waals surface area contributed by atoms with E-state index < -0.39 is 23.8 Å². The highest BCUT2D eigenvalue weighted by molar-refractivity contribution is 5.85. The van der Waals surface area contributed by atoms with Crippen LogP contribution >= 0.6 is 12.4 Å². The lowest BCUT2D eigenvalue weighted by molar-refractivity contribution is -0.144. The summed E-state index contributed by atoms with van der Waals surface area (Å²) in [5, 5.41) is 16.4. The lowest BCUT2D eigenvalue weighted by atomic mass is 10.3. The molecule has 58 valence electrons. The Kier molecular flexibility index (Phi) is 2.65. The van der Waals surface area contributed by atoms with Crippen molar-refractivity contribution in [1.29, 1.82) is 0 Å². The van der Waals surface area contributed by atoms with Crippen molar-refractivity contribution in [1.82, 2.24) is 0 Å². The number of rotatable bonds is 2. The second-order valence-corrected chi connectivity index (χ2v) is 2.13. The Bertz CT molecular complexity index is 149. The van der Waals surface area contributed by atoms with E-state index in [1.165, 1.54) is 0 Å². The number of hydrogen-bond donors (Lipinski definition) is 2. The van der Waals surface area contributed by atoms with Gasteiger partial charge in [-0.05, 0) is 6.42 Å². The predicted molar refractivity (Wildman–Crippen MR) is 34.1 cm³/mol. The van der Waals surface area contributed by atoms with E-state index in [-0.39, 0.29) is 12.4 Å². The fourth-order valence-corrected chi connectivity index (χ4v) is 0.741. The summed E-state index contributed by atoms with van der Waals surface area (Å²) < 4.78 is 0. The van der Waals surface area contributed by atoms with E-state index in [1.54, 1.807) is 0 Å². The van der Waals surface area contributed by atoms with Gasteiger partial charge in [-0.1, -0.05) is 0 Å². The second kappa shape index (κ2) is 2.88. The standard InChI is InChI=1S/C5H6O4.ClH/c6-4(7)2-1-3(2)5(8)9;/h2-3H,1H2,(H,6,7)(H,8,9);1H/t2-,3+;. The van der Waals surface area contributed by atoms with E-state index in [2.05, 4.69) is 0 Å². The molecule has 2 N–H and O–H groups in total. The highest BCUT2D eigenvalue weighted by atomic mass is 35.5. The molecule has 0 heterocycles. The van der Waals surface area contributed by atoms with Gasteiger partial charge in [0.25, 0.3) is 0 Å². The summed E-state index contributed by atoms with van der Waals surface area (Å²) in [6, 6.07) is 0. The molecule has 0 bridgehead atoms. The van der Waals surface area contributed by atoms with Crippen molar-refractivity contribution in [2.24, 2.45) is 11.8 Å². The molecule has 0 amide bonds. The molecule has 0 aromatic heterocycles. The summed E-state index contributed by atoms with van der Waals surface area (Å²) in [7, 11) is 0. The van der Waals surface area contributed by atoms with Crippen molar-refractivity contribution in [3.8, 4) is 0 Å². The minimum atomic E-state index is -0.998. The predicted octanol–water partition coefficient (Wildman–Crippen LogP) is 0.213. The largest absolute Gasteiger partial charge is 0.481 e. The third kappa shape index (κ3) is 1.60. The van der Waals surface area contributed by atoms with Gasteiger partial charge in [0, 0.05) is 0 Å². The fraction of sp³-hybridized carbons (Fsp3) is 0.600. The summed E-state index contributed by atoms with van der Waals surface area (Å²) >= 11 is 0. The Labute approximate surface area is 63.3 Å². The van der Waals surface area contributed by atoms with Crippen LogP contribution in [0.3, 0.4) is 0 Å². The first-order chi connectivity index (χ1) is 4.13. The van der Waals surface area contributed by atoms with Crippen LogP contribution in [0.4, 0.5) is 0 Å². The summed E-state index contributed by atoms with van der Waals surface area (Å²) in [5.74, 6) is -3.24. The Morgan fingerprint density at radius 2 is 1.40 bits per heavy atom. The van der Waals surface area contributed by atoms with Gasteiger partial charge in [0.05, 0.1) is 11.8 Å². The number of carboxylic acids is 2. The monoisotopic (exact) mass is 166 g/mol. The maximum absolute atomic E-state index is 10.0. The molecule has 0 aliphatic heterocycles. The lowest BCUT2D eigenvalue weighted by Crippen LogP contribution is -2.05. The molecule has 0 spiro atoms. The molecule has 1 fully saturated rings. The van der Waals surface area contributed by atoms with E-state index >= 15 is 0 Å². The van der Waals surface area contributed by atoms with Crippen molar-refractivity contribution in [3.63, 3.8) is 0 Å². The molecular formula is C5H7ClO4. The highest BCUT2D eigenvalue weighted by Gasteiger charge is 2.48. The first-order valence-electron chi connectivity index (χ1n) is 2.58. The van der Waals surface area contributed by atoms with Crippen LogP contribution in [0.1, 0.15) is 6.42 Å². The summed E-state index contributed by atoms with van der Waals surface area (Å²) in [5.41, 5.74) is 0. The van der Waals surface area contributed by atoms with Crippen LogP contribution in [0.5, 0.6) is 0 Å². The quantitative estimate of drug-likeness (QED) is 0.615. The average Bonchev–Trinajstić information content (AvgIpc) is 2.39. The van der Waals surface area contributed by atoms with Crippen molar-refractivity contribution in [2.45, 2.75) is 6.42 Å². The zero-order chi connectivity index (χ0) is 7.02. The smallest absolute Gasteiger partial charge is 0.307 e. The first-order valence-corrected chi connectivity index (χ1v) is 2.58. The molecule has 0 radical (unpaired) electrons. The number of hydrogen-bond acceptors (Lipinski definition) is 2. The molecule has 1 rings (SSSR count). The molecule has 0 aromatic carbocycles. The van der Waals surface area contributed by atoms with Crippen LogP contribution in [0.15, 0.2) is 0 Å². The van der Waals surface area contributed by atoms with E-state index in [0.29, 0.717) is 6.42 Å². The summed E-state index contributed by atoms with van der Waals surface area (Å²) in [6.07, 6.45) is 0.296. The molecule has 10 heavy (non-hydrogen) atoms. The molecule has 1 aliphatic carbocycles. The van der Waals surface area contributed by atoms with Gasteiger partial charge < -0.3 is 10.2 Å². The van der Waals surface area contributed by atoms with Crippen LogP contribution in [0.25, 0.3) is 0 Å². The van der Waals surface area contributed by atoms with Crippen molar-refractivity contribution in [2.75, 3.05) is 0 Å². The van der Waals surface area contributed by atoms with E-state index in [0.717, 1.165) is 0 Å². The third-order valence-corrected chi connectivity index (χ3v) is 1.42. The normalized spacial score (nSPS) is 28.4. The van der Waals surface area contributed by atoms with Crippen LogP contribution < -0.4 is 0 Å². The summed E-state index contributed by atoms with van der Waals surface area (Å²) in [6.45, 7) is 0. The van der Waals surface area contributed by atoms with Gasteiger partial charge in [0.2, 0.25) is 0 Å². The number of carbonyl (C=O) groups is 2. The van der Waals surface area contributed by atoms with Gasteiger partial charge in [0.1, 0.15) is 0 Å². The molecule has 4 nitrogen and oxygen atoms in total. The SMILES string of the molecule is Cl.O=C(O)[C@H]1C[C@H]1C(=O)O. The topological polar surface area (TPSA) is 74.6 Å². The van der Waals surface area contributed by atoms with Gasteiger partial charge >= 0.3 is 11.9 Å². The molecule has 0 unspecified atom stereocenters. The Hall–Kier alpha value is -0.770. The van der Waals surface area contributed by atoms with Crippen molar-refractivity contribution < 1.29 is 19.8 Å². The van der Waals surface area contributed by atoms with Gasteiger partial charge in [-0.25, -0.2) is 0 Å². The molecule has 1 saturated carbocycles. The Morgan fingerprint density at radius 1 is 1.10 bits per heavy atom. The summed E-state index contributed by atoms with van der Waals surface area (Å²) in [4.78, 5) is 20.0. The Balaban J connectivity index is 0.000000810. The lowest BCUT2D eigenvalue weighted by Gasteiger charge is -1.84. The maximum atomic E-state index is 10.0. The van der Waals surface area contributed by atoms with Gasteiger partial charge in [-0.15, -0.1) is 12.4 Å². The number of halogens is 1. The minimum absolute atomic E-state index is 0. The molecule has 2 atom stereocenters. The van der Waals surface area contributed by atoms with Crippen molar-refractivity contribution in [3.05, 3.63) is 0 Å².